The lowest BCUT2D eigenvalue weighted by Gasteiger charge is -2.27. The third-order valence-corrected chi connectivity index (χ3v) is 2.66. The fourth-order valence-corrected chi connectivity index (χ4v) is 1.75. The molecule has 0 spiro atoms. The summed E-state index contributed by atoms with van der Waals surface area (Å²) >= 11 is 0. The molecule has 0 aromatic heterocycles. The molecule has 0 aromatic carbocycles. The van der Waals surface area contributed by atoms with Crippen molar-refractivity contribution < 1.29 is 14.6 Å². The Bertz CT molecular complexity index is 162. The maximum atomic E-state index is 10.3. The molecule has 0 aliphatic carbocycles. The van der Waals surface area contributed by atoms with E-state index >= 15 is 0 Å². The average Bonchev–Trinajstić information content (AvgIpc) is 2.15. The Kier molecular flexibility index (Phi) is 4.22. The van der Waals surface area contributed by atoms with Crippen LogP contribution in [0.1, 0.15) is 39.0 Å². The Balaban J connectivity index is 2.20. The van der Waals surface area contributed by atoms with Crippen LogP contribution in [0.5, 0.6) is 0 Å². The predicted octanol–water partition coefficient (Wildman–Crippen LogP) is 2.06. The van der Waals surface area contributed by atoms with Crippen LogP contribution in [0, 0.1) is 5.92 Å². The Morgan fingerprint density at radius 2 is 2.38 bits per heavy atom. The van der Waals surface area contributed by atoms with Gasteiger partial charge in [0, 0.05) is 13.0 Å². The highest BCUT2D eigenvalue weighted by Crippen LogP contribution is 2.22. The van der Waals surface area contributed by atoms with Crippen LogP contribution < -0.4 is 0 Å². The van der Waals surface area contributed by atoms with Crippen molar-refractivity contribution in [1.29, 1.82) is 0 Å². The summed E-state index contributed by atoms with van der Waals surface area (Å²) in [6.07, 6.45) is 4.78. The smallest absolute Gasteiger partial charge is 0.303 e. The molecule has 1 fully saturated rings. The number of carboxylic acid groups (broad SMARTS) is 1. The molecule has 0 bridgehead atoms. The van der Waals surface area contributed by atoms with Gasteiger partial charge in [0.25, 0.3) is 0 Å². The minimum absolute atomic E-state index is 0.265. The molecule has 0 saturated carbocycles. The number of ether oxygens (including phenoxy) is 1. The van der Waals surface area contributed by atoms with Gasteiger partial charge in [-0.15, -0.1) is 0 Å². The first-order valence-electron chi connectivity index (χ1n) is 5.03. The van der Waals surface area contributed by atoms with Crippen LogP contribution >= 0.6 is 0 Å². The summed E-state index contributed by atoms with van der Waals surface area (Å²) in [7, 11) is 0. The first-order valence-corrected chi connectivity index (χ1v) is 5.03. The maximum absolute atomic E-state index is 10.3. The van der Waals surface area contributed by atoms with Crippen LogP contribution in [0.3, 0.4) is 0 Å². The van der Waals surface area contributed by atoms with Crippen molar-refractivity contribution in [2.24, 2.45) is 5.92 Å². The summed E-state index contributed by atoms with van der Waals surface area (Å²) in [5.74, 6) is -0.320. The topological polar surface area (TPSA) is 46.5 Å². The van der Waals surface area contributed by atoms with Crippen molar-refractivity contribution in [1.82, 2.24) is 0 Å². The number of carbonyl (C=O) groups is 1. The second-order valence-corrected chi connectivity index (χ2v) is 3.81. The molecule has 76 valence electrons. The van der Waals surface area contributed by atoms with Gasteiger partial charge in [0.05, 0.1) is 6.10 Å². The van der Waals surface area contributed by atoms with Crippen LogP contribution in [0.25, 0.3) is 0 Å². The quantitative estimate of drug-likeness (QED) is 0.731. The monoisotopic (exact) mass is 186 g/mol. The fourth-order valence-electron chi connectivity index (χ4n) is 1.75. The zero-order valence-electron chi connectivity index (χ0n) is 8.16. The molecule has 0 radical (unpaired) electrons. The van der Waals surface area contributed by atoms with Crippen molar-refractivity contribution >= 4 is 5.97 Å². The first kappa shape index (κ1) is 10.5. The van der Waals surface area contributed by atoms with Crippen LogP contribution in [0.15, 0.2) is 0 Å². The maximum Gasteiger partial charge on any atom is 0.303 e. The van der Waals surface area contributed by atoms with Crippen LogP contribution in [0.4, 0.5) is 0 Å². The summed E-state index contributed by atoms with van der Waals surface area (Å²) in [4.78, 5) is 10.3. The number of hydrogen-bond acceptors (Lipinski definition) is 2. The van der Waals surface area contributed by atoms with Crippen molar-refractivity contribution in [3.05, 3.63) is 0 Å². The highest BCUT2D eigenvalue weighted by Gasteiger charge is 2.20. The van der Waals surface area contributed by atoms with Crippen molar-refractivity contribution in [2.75, 3.05) is 6.61 Å². The first-order chi connectivity index (χ1) is 6.20. The summed E-state index contributed by atoms with van der Waals surface area (Å²) in [5.41, 5.74) is 0. The van der Waals surface area contributed by atoms with Crippen molar-refractivity contribution in [3.8, 4) is 0 Å². The standard InChI is InChI=1S/C10H18O3/c1-8(5-6-10(11)12)9-4-2-3-7-13-9/h8-9H,2-7H2,1H3,(H,11,12). The minimum atomic E-state index is -0.706. The Morgan fingerprint density at radius 1 is 1.62 bits per heavy atom. The van der Waals surface area contributed by atoms with Crippen LogP contribution in [-0.2, 0) is 9.53 Å². The van der Waals surface area contributed by atoms with Gasteiger partial charge in [-0.1, -0.05) is 6.92 Å². The van der Waals surface area contributed by atoms with Gasteiger partial charge >= 0.3 is 5.97 Å². The Morgan fingerprint density at radius 3 is 2.92 bits per heavy atom. The molecule has 3 heteroatoms. The van der Waals surface area contributed by atoms with E-state index in [0.29, 0.717) is 12.0 Å². The van der Waals surface area contributed by atoms with Gasteiger partial charge in [0.1, 0.15) is 0 Å². The molecule has 1 heterocycles. The van der Waals surface area contributed by atoms with E-state index in [2.05, 4.69) is 6.92 Å². The predicted molar refractivity (Wildman–Crippen MR) is 49.6 cm³/mol. The minimum Gasteiger partial charge on any atom is -0.481 e. The Hall–Kier alpha value is -0.570. The molecule has 13 heavy (non-hydrogen) atoms. The zero-order chi connectivity index (χ0) is 9.68. The third kappa shape index (κ3) is 3.77. The second-order valence-electron chi connectivity index (χ2n) is 3.81. The van der Waals surface area contributed by atoms with E-state index in [1.165, 1.54) is 6.42 Å². The molecule has 1 saturated heterocycles. The fraction of sp³-hybridized carbons (Fsp3) is 0.900. The van der Waals surface area contributed by atoms with Crippen LogP contribution in [0.2, 0.25) is 0 Å². The van der Waals surface area contributed by atoms with Crippen molar-refractivity contribution in [3.63, 3.8) is 0 Å². The summed E-state index contributed by atoms with van der Waals surface area (Å²) < 4.78 is 5.58. The van der Waals surface area contributed by atoms with Gasteiger partial charge in [-0.2, -0.15) is 0 Å². The van der Waals surface area contributed by atoms with E-state index in [4.69, 9.17) is 9.84 Å². The second kappa shape index (κ2) is 5.22. The number of rotatable bonds is 4. The largest absolute Gasteiger partial charge is 0.481 e. The number of hydrogen-bond donors (Lipinski definition) is 1. The van der Waals surface area contributed by atoms with Gasteiger partial charge in [-0.25, -0.2) is 0 Å². The normalized spacial score (nSPS) is 25.5. The van der Waals surface area contributed by atoms with E-state index in [1.54, 1.807) is 0 Å². The molecule has 3 nitrogen and oxygen atoms in total. The summed E-state index contributed by atoms with van der Waals surface area (Å²) in [6, 6.07) is 0. The molecule has 0 amide bonds. The highest BCUT2D eigenvalue weighted by atomic mass is 16.5. The lowest BCUT2D eigenvalue weighted by molar-refractivity contribution is -0.137. The van der Waals surface area contributed by atoms with Crippen LogP contribution in [-0.4, -0.2) is 23.8 Å². The summed E-state index contributed by atoms with van der Waals surface area (Å²) in [6.45, 7) is 2.93. The summed E-state index contributed by atoms with van der Waals surface area (Å²) in [5, 5.41) is 8.52. The number of carboxylic acids is 1. The molecule has 1 aliphatic rings. The lowest BCUT2D eigenvalue weighted by atomic mass is 9.93. The van der Waals surface area contributed by atoms with Gasteiger partial charge in [-0.05, 0) is 31.6 Å². The SMILES string of the molecule is CC(CCC(=O)O)C1CCCCO1. The van der Waals surface area contributed by atoms with Gasteiger partial charge in [0.15, 0.2) is 0 Å². The van der Waals surface area contributed by atoms with Crippen molar-refractivity contribution in [2.45, 2.75) is 45.1 Å². The number of aliphatic carboxylic acids is 1. The molecular weight excluding hydrogens is 168 g/mol. The molecule has 1 rings (SSSR count). The van der Waals surface area contributed by atoms with E-state index in [-0.39, 0.29) is 6.42 Å². The van der Waals surface area contributed by atoms with Gasteiger partial charge in [0.2, 0.25) is 0 Å². The third-order valence-electron chi connectivity index (χ3n) is 2.66. The van der Waals surface area contributed by atoms with Gasteiger partial charge < -0.3 is 9.84 Å². The van der Waals surface area contributed by atoms with Gasteiger partial charge in [-0.3, -0.25) is 4.79 Å². The van der Waals surface area contributed by atoms with E-state index in [9.17, 15) is 4.79 Å². The highest BCUT2D eigenvalue weighted by molar-refractivity contribution is 5.66. The van der Waals surface area contributed by atoms with E-state index in [0.717, 1.165) is 25.9 Å². The van der Waals surface area contributed by atoms with E-state index in [1.807, 2.05) is 0 Å². The molecule has 1 N–H and O–H groups in total. The zero-order valence-corrected chi connectivity index (χ0v) is 8.16. The lowest BCUT2D eigenvalue weighted by Crippen LogP contribution is -2.26. The molecular formula is C10H18O3. The molecule has 0 aromatic rings. The van der Waals surface area contributed by atoms with E-state index < -0.39 is 5.97 Å². The molecule has 1 aliphatic heterocycles. The molecule has 2 unspecified atom stereocenters. The average molecular weight is 186 g/mol. The Labute approximate surface area is 79.1 Å². The molecule has 2 atom stereocenters.